The first-order valence-electron chi connectivity index (χ1n) is 9.96. The van der Waals surface area contributed by atoms with E-state index >= 15 is 0 Å². The van der Waals surface area contributed by atoms with E-state index in [2.05, 4.69) is 15.5 Å². The number of anilines is 2. The third kappa shape index (κ3) is 6.09. The minimum atomic E-state index is -0.412. The molecule has 0 spiro atoms. The Morgan fingerprint density at radius 1 is 1.00 bits per heavy atom. The molecule has 0 bridgehead atoms. The molecule has 2 aromatic rings. The van der Waals surface area contributed by atoms with Crippen LogP contribution in [0.3, 0.4) is 0 Å². The van der Waals surface area contributed by atoms with Gasteiger partial charge in [0.1, 0.15) is 0 Å². The predicted molar refractivity (Wildman–Crippen MR) is 130 cm³/mol. The molecule has 3 rings (SSSR count). The van der Waals surface area contributed by atoms with Gasteiger partial charge in [-0.05, 0) is 54.7 Å². The van der Waals surface area contributed by atoms with Gasteiger partial charge in [0, 0.05) is 48.5 Å². The van der Waals surface area contributed by atoms with E-state index in [9.17, 15) is 9.59 Å². The molecule has 1 fully saturated rings. The van der Waals surface area contributed by atoms with Crippen LogP contribution in [0.2, 0.25) is 10.0 Å². The Kier molecular flexibility index (Phi) is 7.75. The van der Waals surface area contributed by atoms with Crippen molar-refractivity contribution in [2.75, 3.05) is 36.4 Å². The fourth-order valence-corrected chi connectivity index (χ4v) is 4.02. The van der Waals surface area contributed by atoms with E-state index in [1.54, 1.807) is 12.1 Å². The number of piperazine rings is 1. The van der Waals surface area contributed by atoms with Gasteiger partial charge in [-0.2, -0.15) is 0 Å². The lowest BCUT2D eigenvalue weighted by Crippen LogP contribution is -2.49. The van der Waals surface area contributed by atoms with Crippen LogP contribution in [0, 0.1) is 5.92 Å². The number of thiocarbonyl (C=S) groups is 1. The van der Waals surface area contributed by atoms with Crippen LogP contribution in [0.4, 0.5) is 11.4 Å². The maximum Gasteiger partial charge on any atom is 0.258 e. The second kappa shape index (κ2) is 10.3. The largest absolute Gasteiger partial charge is 0.368 e. The van der Waals surface area contributed by atoms with Crippen LogP contribution in [0.15, 0.2) is 42.5 Å². The number of amides is 2. The lowest BCUT2D eigenvalue weighted by Gasteiger charge is -2.37. The van der Waals surface area contributed by atoms with Crippen LogP contribution in [0.5, 0.6) is 0 Å². The van der Waals surface area contributed by atoms with Crippen molar-refractivity contribution < 1.29 is 9.59 Å². The highest BCUT2D eigenvalue weighted by atomic mass is 35.5. The van der Waals surface area contributed by atoms with Gasteiger partial charge in [0.25, 0.3) is 5.91 Å². The molecule has 0 aromatic heterocycles. The lowest BCUT2D eigenvalue weighted by molar-refractivity contribution is -0.134. The monoisotopic (exact) mass is 478 g/mol. The van der Waals surface area contributed by atoms with E-state index in [-0.39, 0.29) is 22.0 Å². The minimum absolute atomic E-state index is 0.0250. The number of halogens is 2. The van der Waals surface area contributed by atoms with Crippen molar-refractivity contribution in [2.45, 2.75) is 13.8 Å². The summed E-state index contributed by atoms with van der Waals surface area (Å²) in [7, 11) is 0. The summed E-state index contributed by atoms with van der Waals surface area (Å²) in [6.45, 7) is 6.89. The molecule has 0 atom stereocenters. The number of nitrogens with zero attached hydrogens (tertiary/aromatic N) is 2. The summed E-state index contributed by atoms with van der Waals surface area (Å²) < 4.78 is 0. The van der Waals surface area contributed by atoms with Crippen molar-refractivity contribution in [3.05, 3.63) is 58.1 Å². The first-order valence-corrected chi connectivity index (χ1v) is 11.1. The fraction of sp³-hybridized carbons (Fsp3) is 0.318. The Bertz CT molecular complexity index is 974. The molecule has 9 heteroatoms. The Hall–Kier alpha value is -2.35. The second-order valence-electron chi connectivity index (χ2n) is 7.55. The summed E-state index contributed by atoms with van der Waals surface area (Å²) >= 11 is 17.2. The number of carbonyl (C=O) groups excluding carboxylic acids is 2. The molecule has 2 amide bonds. The van der Waals surface area contributed by atoms with E-state index in [0.29, 0.717) is 10.6 Å². The van der Waals surface area contributed by atoms with Gasteiger partial charge in [-0.1, -0.05) is 37.0 Å². The Morgan fingerprint density at radius 3 is 2.23 bits per heavy atom. The molecule has 0 saturated carbocycles. The highest BCUT2D eigenvalue weighted by Crippen LogP contribution is 2.22. The molecular weight excluding hydrogens is 455 g/mol. The molecule has 164 valence electrons. The zero-order chi connectivity index (χ0) is 22.5. The SMILES string of the molecule is CC(C)C(=O)N1CCN(c2ccc(NC(=S)NC(=O)c3ccc(Cl)cc3Cl)cc2)CC1. The van der Waals surface area contributed by atoms with E-state index in [1.165, 1.54) is 6.07 Å². The predicted octanol–water partition coefficient (Wildman–Crippen LogP) is 4.42. The van der Waals surface area contributed by atoms with Crippen molar-refractivity contribution in [1.29, 1.82) is 0 Å². The molecule has 6 nitrogen and oxygen atoms in total. The molecule has 0 aliphatic carbocycles. The first kappa shape index (κ1) is 23.3. The second-order valence-corrected chi connectivity index (χ2v) is 8.80. The van der Waals surface area contributed by atoms with Gasteiger partial charge in [0.05, 0.1) is 10.6 Å². The van der Waals surface area contributed by atoms with Crippen molar-refractivity contribution in [3.8, 4) is 0 Å². The van der Waals surface area contributed by atoms with Gasteiger partial charge >= 0.3 is 0 Å². The van der Waals surface area contributed by atoms with Crippen molar-refractivity contribution in [3.63, 3.8) is 0 Å². The molecule has 1 saturated heterocycles. The number of hydrogen-bond donors (Lipinski definition) is 2. The minimum Gasteiger partial charge on any atom is -0.368 e. The Morgan fingerprint density at radius 2 is 1.65 bits per heavy atom. The summed E-state index contributed by atoms with van der Waals surface area (Å²) in [6.07, 6.45) is 0. The standard InChI is InChI=1S/C22H24Cl2N4O2S/c1-14(2)21(30)28-11-9-27(10-12-28)17-6-4-16(5-7-17)25-22(31)26-20(29)18-8-3-15(23)13-19(18)24/h3-8,13-14H,9-12H2,1-2H3,(H2,25,26,29,31). The van der Waals surface area contributed by atoms with Gasteiger partial charge in [0.2, 0.25) is 5.91 Å². The van der Waals surface area contributed by atoms with Crippen LogP contribution in [0.25, 0.3) is 0 Å². The van der Waals surface area contributed by atoms with Gasteiger partial charge in [0.15, 0.2) is 5.11 Å². The summed E-state index contributed by atoms with van der Waals surface area (Å²) in [6, 6.07) is 12.4. The van der Waals surface area contributed by atoms with Gasteiger partial charge < -0.3 is 15.1 Å². The summed E-state index contributed by atoms with van der Waals surface area (Å²) in [5.74, 6) is -0.184. The average molecular weight is 479 g/mol. The maximum absolute atomic E-state index is 12.4. The van der Waals surface area contributed by atoms with E-state index in [1.807, 2.05) is 43.0 Å². The van der Waals surface area contributed by atoms with Crippen LogP contribution in [-0.2, 0) is 4.79 Å². The molecule has 2 aromatic carbocycles. The average Bonchev–Trinajstić information content (AvgIpc) is 2.73. The van der Waals surface area contributed by atoms with E-state index in [4.69, 9.17) is 35.4 Å². The van der Waals surface area contributed by atoms with Crippen LogP contribution < -0.4 is 15.5 Å². The van der Waals surface area contributed by atoms with Crippen LogP contribution in [0.1, 0.15) is 24.2 Å². The summed E-state index contributed by atoms with van der Waals surface area (Å²) in [4.78, 5) is 28.7. The highest BCUT2D eigenvalue weighted by molar-refractivity contribution is 7.80. The molecule has 0 radical (unpaired) electrons. The Labute approximate surface area is 197 Å². The lowest BCUT2D eigenvalue weighted by atomic mass is 10.1. The molecule has 1 aliphatic rings. The number of hydrogen-bond acceptors (Lipinski definition) is 4. The van der Waals surface area contributed by atoms with E-state index < -0.39 is 5.91 Å². The highest BCUT2D eigenvalue weighted by Gasteiger charge is 2.23. The van der Waals surface area contributed by atoms with Crippen molar-refractivity contribution in [2.24, 2.45) is 5.92 Å². The fourth-order valence-electron chi connectivity index (χ4n) is 3.31. The van der Waals surface area contributed by atoms with Crippen LogP contribution >= 0.6 is 35.4 Å². The number of benzene rings is 2. The molecule has 0 unspecified atom stereocenters. The third-order valence-electron chi connectivity index (χ3n) is 4.98. The topological polar surface area (TPSA) is 64.7 Å². The summed E-state index contributed by atoms with van der Waals surface area (Å²) in [5, 5.41) is 6.49. The van der Waals surface area contributed by atoms with Gasteiger partial charge in [-0.15, -0.1) is 0 Å². The van der Waals surface area contributed by atoms with Crippen molar-refractivity contribution >= 4 is 63.7 Å². The molecular formula is C22H24Cl2N4O2S. The number of carbonyl (C=O) groups is 2. The molecule has 31 heavy (non-hydrogen) atoms. The third-order valence-corrected chi connectivity index (χ3v) is 5.73. The Balaban J connectivity index is 1.53. The smallest absolute Gasteiger partial charge is 0.258 e. The number of rotatable bonds is 4. The van der Waals surface area contributed by atoms with Crippen LogP contribution in [-0.4, -0.2) is 48.0 Å². The summed E-state index contributed by atoms with van der Waals surface area (Å²) in [5.41, 5.74) is 2.12. The normalized spacial score (nSPS) is 13.8. The van der Waals surface area contributed by atoms with Gasteiger partial charge in [-0.3, -0.25) is 14.9 Å². The van der Waals surface area contributed by atoms with E-state index in [0.717, 1.165) is 37.6 Å². The molecule has 1 heterocycles. The molecule has 2 N–H and O–H groups in total. The quantitative estimate of drug-likeness (QED) is 0.636. The first-order chi connectivity index (χ1) is 14.7. The number of nitrogens with one attached hydrogen (secondary N) is 2. The zero-order valence-corrected chi connectivity index (χ0v) is 19.7. The maximum atomic E-state index is 12.4. The van der Waals surface area contributed by atoms with Gasteiger partial charge in [-0.25, -0.2) is 0 Å². The zero-order valence-electron chi connectivity index (χ0n) is 17.3. The van der Waals surface area contributed by atoms with Crippen molar-refractivity contribution in [1.82, 2.24) is 10.2 Å². The molecule has 1 aliphatic heterocycles.